The molecule has 46 heavy (non-hydrogen) atoms. The van der Waals surface area contributed by atoms with Gasteiger partial charge in [0, 0.05) is 16.3 Å². The molecule has 0 aliphatic carbocycles. The molecule has 0 aliphatic heterocycles. The zero-order chi connectivity index (χ0) is 31.5. The van der Waals surface area contributed by atoms with Crippen LogP contribution in [0.5, 0.6) is 0 Å². The number of para-hydroxylation sites is 2. The Bertz CT molecular complexity index is 2440. The quantitative estimate of drug-likeness (QED) is 0.228. The summed E-state index contributed by atoms with van der Waals surface area (Å²) >= 11 is 0. The predicted molar refractivity (Wildman–Crippen MR) is 199 cm³/mol. The molecule has 1 aromatic heterocycles. The first-order valence-electron chi connectivity index (χ1n) is 15.0. The van der Waals surface area contributed by atoms with E-state index < -0.39 is 0 Å². The van der Waals surface area contributed by atoms with Crippen molar-refractivity contribution in [3.05, 3.63) is 127 Å². The Labute approximate surface area is 274 Å². The SMILES string of the molecule is [B]c1c([B])c([B])c(-c2c3ccccc3c(-n3c(-c4ccccc4)nc4ccccc43)c3ccc(-c4ccccc4)cc23)c([B])c1[B]. The van der Waals surface area contributed by atoms with Crippen molar-refractivity contribution in [2.24, 2.45) is 0 Å². The lowest BCUT2D eigenvalue weighted by molar-refractivity contribution is 1.13. The summed E-state index contributed by atoms with van der Waals surface area (Å²) in [4.78, 5) is 5.16. The first kappa shape index (κ1) is 28.3. The number of fused-ring (bicyclic) bond motifs is 3. The van der Waals surface area contributed by atoms with Crippen molar-refractivity contribution in [2.45, 2.75) is 0 Å². The molecule has 0 atom stereocenters. The molecule has 0 amide bonds. The fraction of sp³-hybridized carbons (Fsp3) is 0. The second-order valence-corrected chi connectivity index (χ2v) is 11.5. The molecule has 0 unspecified atom stereocenters. The third-order valence-electron chi connectivity index (χ3n) is 8.87. The third-order valence-corrected chi connectivity index (χ3v) is 8.87. The minimum Gasteiger partial charge on any atom is -0.291 e. The minimum atomic E-state index is 0.186. The lowest BCUT2D eigenvalue weighted by Crippen LogP contribution is -2.55. The zero-order valence-corrected chi connectivity index (χ0v) is 24.9. The normalized spacial score (nSPS) is 11.5. The summed E-state index contributed by atoms with van der Waals surface area (Å²) < 4.78 is 2.26. The van der Waals surface area contributed by atoms with E-state index in [0.717, 1.165) is 66.3 Å². The van der Waals surface area contributed by atoms with Gasteiger partial charge >= 0.3 is 0 Å². The largest absolute Gasteiger partial charge is 0.291 e. The summed E-state index contributed by atoms with van der Waals surface area (Å²) in [6.45, 7) is 0. The van der Waals surface area contributed by atoms with Crippen molar-refractivity contribution < 1.29 is 0 Å². The van der Waals surface area contributed by atoms with Crippen LogP contribution in [-0.2, 0) is 0 Å². The number of hydrogen-bond donors (Lipinski definition) is 0. The van der Waals surface area contributed by atoms with Gasteiger partial charge in [-0.15, -0.1) is 16.4 Å². The van der Waals surface area contributed by atoms with Crippen LogP contribution in [0.25, 0.3) is 71.9 Å². The second-order valence-electron chi connectivity index (χ2n) is 11.5. The standard InChI is InChI=1S/C39H21B5N2/c40-33-32(34(41)36(43)37(44)35(33)42)31-25-15-7-8-16-26(25)38(27-20-19-24(21-28(27)31)22-11-3-1-4-12-22)46-30-18-10-9-17-29(30)45-39(46)23-13-5-2-6-14-23/h1-21H. The average Bonchev–Trinajstić information content (AvgIpc) is 3.49. The molecule has 10 radical (unpaired) electrons. The van der Waals surface area contributed by atoms with Gasteiger partial charge in [0.2, 0.25) is 0 Å². The van der Waals surface area contributed by atoms with E-state index in [2.05, 4.69) is 65.2 Å². The van der Waals surface area contributed by atoms with Crippen LogP contribution in [0.3, 0.4) is 0 Å². The maximum atomic E-state index is 6.77. The molecule has 0 aliphatic rings. The Balaban J connectivity index is 1.61. The van der Waals surface area contributed by atoms with Crippen LogP contribution < -0.4 is 27.3 Å². The summed E-state index contributed by atoms with van der Waals surface area (Å²) in [7, 11) is 32.7. The van der Waals surface area contributed by atoms with Gasteiger partial charge in [0.25, 0.3) is 0 Å². The van der Waals surface area contributed by atoms with Gasteiger partial charge in [0.1, 0.15) is 45.1 Å². The van der Waals surface area contributed by atoms with Crippen LogP contribution in [0, 0.1) is 0 Å². The highest BCUT2D eigenvalue weighted by Crippen LogP contribution is 2.43. The fourth-order valence-corrected chi connectivity index (χ4v) is 6.63. The van der Waals surface area contributed by atoms with Crippen molar-refractivity contribution in [3.8, 4) is 39.3 Å². The summed E-state index contributed by atoms with van der Waals surface area (Å²) in [5, 5.41) is 3.86. The molecule has 0 saturated carbocycles. The monoisotopic (exact) mass is 572 g/mol. The van der Waals surface area contributed by atoms with Gasteiger partial charge in [-0.25, -0.2) is 4.98 Å². The van der Waals surface area contributed by atoms with Crippen LogP contribution in [0.2, 0.25) is 0 Å². The third kappa shape index (κ3) is 4.30. The summed E-state index contributed by atoms with van der Waals surface area (Å²) in [5.74, 6) is 0.841. The average molecular weight is 572 g/mol. The molecule has 7 aromatic carbocycles. The zero-order valence-electron chi connectivity index (χ0n) is 24.9. The number of rotatable bonds is 4. The van der Waals surface area contributed by atoms with Gasteiger partial charge in [-0.3, -0.25) is 4.57 Å². The first-order chi connectivity index (χ1) is 22.4. The summed E-state index contributed by atoms with van der Waals surface area (Å²) in [6, 6.07) is 43.5. The minimum absolute atomic E-state index is 0.186. The van der Waals surface area contributed by atoms with Crippen LogP contribution in [0.4, 0.5) is 0 Å². The van der Waals surface area contributed by atoms with E-state index in [9.17, 15) is 0 Å². The predicted octanol–water partition coefficient (Wildman–Crippen LogP) is 4.30. The topological polar surface area (TPSA) is 17.8 Å². The molecular weight excluding hydrogens is 551 g/mol. The van der Waals surface area contributed by atoms with E-state index in [1.54, 1.807) is 0 Å². The maximum Gasteiger partial charge on any atom is 0.145 e. The van der Waals surface area contributed by atoms with E-state index in [-0.39, 0.29) is 16.4 Å². The van der Waals surface area contributed by atoms with Crippen molar-refractivity contribution in [3.63, 3.8) is 0 Å². The number of benzene rings is 7. The van der Waals surface area contributed by atoms with Crippen molar-refractivity contribution in [2.75, 3.05) is 0 Å². The molecule has 0 saturated heterocycles. The second kappa shape index (κ2) is 11.0. The highest BCUT2D eigenvalue weighted by Gasteiger charge is 2.24. The Kier molecular flexibility index (Phi) is 6.80. The molecule has 8 aromatic rings. The van der Waals surface area contributed by atoms with Crippen LogP contribution >= 0.6 is 0 Å². The molecule has 1 heterocycles. The fourth-order valence-electron chi connectivity index (χ4n) is 6.63. The lowest BCUT2D eigenvalue weighted by atomic mass is 9.59. The highest BCUT2D eigenvalue weighted by atomic mass is 15.1. The number of imidazole rings is 1. The van der Waals surface area contributed by atoms with E-state index in [0.29, 0.717) is 16.5 Å². The van der Waals surface area contributed by atoms with Crippen molar-refractivity contribution in [1.82, 2.24) is 9.55 Å². The Hall–Kier alpha value is -5.15. The molecule has 0 N–H and O–H groups in total. The molecule has 7 heteroatoms. The summed E-state index contributed by atoms with van der Waals surface area (Å²) in [5.41, 5.74) is 8.65. The summed E-state index contributed by atoms with van der Waals surface area (Å²) in [6.07, 6.45) is 0. The molecule has 202 valence electrons. The van der Waals surface area contributed by atoms with Gasteiger partial charge in [-0.1, -0.05) is 120 Å². The number of aromatic nitrogens is 2. The van der Waals surface area contributed by atoms with Gasteiger partial charge in [0.05, 0.1) is 16.7 Å². The number of nitrogens with zero attached hydrogens (tertiary/aromatic N) is 2. The first-order valence-corrected chi connectivity index (χ1v) is 15.0. The Morgan fingerprint density at radius 2 is 0.957 bits per heavy atom. The van der Waals surface area contributed by atoms with Crippen LogP contribution in [-0.4, -0.2) is 48.8 Å². The van der Waals surface area contributed by atoms with E-state index in [1.165, 1.54) is 0 Å². The molecule has 2 nitrogen and oxygen atoms in total. The van der Waals surface area contributed by atoms with Gasteiger partial charge in [-0.05, 0) is 51.2 Å². The molecule has 0 bridgehead atoms. The van der Waals surface area contributed by atoms with E-state index >= 15 is 0 Å². The van der Waals surface area contributed by atoms with Crippen LogP contribution in [0.1, 0.15) is 0 Å². The molecule has 8 rings (SSSR count). The van der Waals surface area contributed by atoms with E-state index in [1.807, 2.05) is 66.7 Å². The molecule has 0 spiro atoms. The lowest BCUT2D eigenvalue weighted by Gasteiger charge is -2.26. The highest BCUT2D eigenvalue weighted by molar-refractivity contribution is 6.69. The molecule has 0 fully saturated rings. The molecular formula is C39H21B5N2. The van der Waals surface area contributed by atoms with Gasteiger partial charge in [0.15, 0.2) is 0 Å². The Morgan fingerprint density at radius 3 is 1.65 bits per heavy atom. The van der Waals surface area contributed by atoms with Crippen molar-refractivity contribution >= 4 is 99.1 Å². The maximum absolute atomic E-state index is 6.77. The van der Waals surface area contributed by atoms with Gasteiger partial charge in [-0.2, -0.15) is 0 Å². The number of hydrogen-bond acceptors (Lipinski definition) is 1. The van der Waals surface area contributed by atoms with Crippen molar-refractivity contribution in [1.29, 1.82) is 0 Å². The Morgan fingerprint density at radius 1 is 0.413 bits per heavy atom. The van der Waals surface area contributed by atoms with E-state index in [4.69, 9.17) is 44.2 Å². The van der Waals surface area contributed by atoms with Gasteiger partial charge < -0.3 is 0 Å². The van der Waals surface area contributed by atoms with Crippen LogP contribution in [0.15, 0.2) is 127 Å². The smallest absolute Gasteiger partial charge is 0.145 e.